The van der Waals surface area contributed by atoms with Crippen molar-refractivity contribution in [3.05, 3.63) is 0 Å². The van der Waals surface area contributed by atoms with E-state index >= 15 is 0 Å². The highest BCUT2D eigenvalue weighted by molar-refractivity contribution is 9.09. The Balaban J connectivity index is 2.90. The van der Waals surface area contributed by atoms with Gasteiger partial charge in [-0.05, 0) is 5.92 Å². The first kappa shape index (κ1) is 14.4. The summed E-state index contributed by atoms with van der Waals surface area (Å²) in [6.45, 7) is 5.20. The lowest BCUT2D eigenvalue weighted by Gasteiger charge is -2.40. The predicted octanol–water partition coefficient (Wildman–Crippen LogP) is 1.48. The smallest absolute Gasteiger partial charge is 0.338 e. The van der Waals surface area contributed by atoms with E-state index in [9.17, 15) is 9.59 Å². The molecule has 5 nitrogen and oxygen atoms in total. The van der Waals surface area contributed by atoms with E-state index in [2.05, 4.69) is 20.7 Å². The molecule has 0 bridgehead atoms. The van der Waals surface area contributed by atoms with Crippen LogP contribution >= 0.6 is 15.9 Å². The Morgan fingerprint density at radius 3 is 2.29 bits per heavy atom. The standard InChI is InChI=1S/C11H17BrO5/c1-5-6(2)10(12)17-9(11(14)15-4)8(5)16-7(3)13/h5-6,8-10H,1-4H3/t5-,6-,8+,9+,10+/m1/s1. The van der Waals surface area contributed by atoms with Crippen molar-refractivity contribution in [2.75, 3.05) is 7.11 Å². The van der Waals surface area contributed by atoms with Gasteiger partial charge in [-0.1, -0.05) is 29.8 Å². The van der Waals surface area contributed by atoms with Gasteiger partial charge in [-0.15, -0.1) is 0 Å². The molecule has 0 spiro atoms. The molecule has 6 heteroatoms. The number of rotatable bonds is 2. The minimum atomic E-state index is -0.875. The van der Waals surface area contributed by atoms with Gasteiger partial charge in [0, 0.05) is 12.8 Å². The number of esters is 2. The number of hydrogen-bond donors (Lipinski definition) is 0. The minimum Gasteiger partial charge on any atom is -0.467 e. The maximum atomic E-state index is 11.6. The third kappa shape index (κ3) is 3.19. The number of halogens is 1. The summed E-state index contributed by atoms with van der Waals surface area (Å²) in [7, 11) is 1.28. The van der Waals surface area contributed by atoms with E-state index in [1.807, 2.05) is 13.8 Å². The van der Waals surface area contributed by atoms with Gasteiger partial charge < -0.3 is 14.2 Å². The molecule has 0 aromatic heterocycles. The van der Waals surface area contributed by atoms with Crippen LogP contribution in [0.15, 0.2) is 0 Å². The molecule has 0 N–H and O–H groups in total. The van der Waals surface area contributed by atoms with Gasteiger partial charge >= 0.3 is 11.9 Å². The van der Waals surface area contributed by atoms with E-state index in [0.717, 1.165) is 0 Å². The number of carbonyl (C=O) groups is 2. The minimum absolute atomic E-state index is 0.00104. The molecular formula is C11H17BrO5. The van der Waals surface area contributed by atoms with Gasteiger partial charge in [0.2, 0.25) is 0 Å². The molecule has 0 unspecified atom stereocenters. The molecule has 1 aliphatic rings. The zero-order chi connectivity index (χ0) is 13.2. The molecule has 1 saturated heterocycles. The summed E-state index contributed by atoms with van der Waals surface area (Å²) in [5.41, 5.74) is 0. The summed E-state index contributed by atoms with van der Waals surface area (Å²) in [6, 6.07) is 0. The molecule has 0 saturated carbocycles. The molecule has 0 aromatic carbocycles. The van der Waals surface area contributed by atoms with Crippen molar-refractivity contribution in [3.8, 4) is 0 Å². The van der Waals surface area contributed by atoms with Gasteiger partial charge in [0.1, 0.15) is 11.1 Å². The fourth-order valence-electron chi connectivity index (χ4n) is 1.82. The maximum absolute atomic E-state index is 11.6. The fraction of sp³-hybridized carbons (Fsp3) is 0.818. The molecule has 0 radical (unpaired) electrons. The molecule has 0 amide bonds. The zero-order valence-electron chi connectivity index (χ0n) is 10.3. The Bertz CT molecular complexity index is 306. The first-order valence-corrected chi connectivity index (χ1v) is 6.34. The fourth-order valence-corrected chi connectivity index (χ4v) is 2.54. The van der Waals surface area contributed by atoms with Crippen LogP contribution in [0.4, 0.5) is 0 Å². The Kier molecular flexibility index (Phi) is 4.94. The average Bonchev–Trinajstić information content (AvgIpc) is 2.28. The van der Waals surface area contributed by atoms with Crippen LogP contribution in [-0.4, -0.2) is 36.3 Å². The summed E-state index contributed by atoms with van der Waals surface area (Å²) < 4.78 is 15.3. The first-order chi connectivity index (χ1) is 7.88. The summed E-state index contributed by atoms with van der Waals surface area (Å²) in [5.74, 6) is -0.833. The van der Waals surface area contributed by atoms with Crippen LogP contribution in [-0.2, 0) is 23.8 Å². The number of methoxy groups -OCH3 is 1. The van der Waals surface area contributed by atoms with Crippen molar-refractivity contribution in [1.29, 1.82) is 0 Å². The summed E-state index contributed by atoms with van der Waals surface area (Å²) in [4.78, 5) is 22.7. The largest absolute Gasteiger partial charge is 0.467 e. The predicted molar refractivity (Wildman–Crippen MR) is 63.5 cm³/mol. The van der Waals surface area contributed by atoms with Crippen LogP contribution in [0.5, 0.6) is 0 Å². The molecule has 98 valence electrons. The van der Waals surface area contributed by atoms with E-state index in [-0.39, 0.29) is 16.8 Å². The Labute approximate surface area is 109 Å². The first-order valence-electron chi connectivity index (χ1n) is 5.43. The topological polar surface area (TPSA) is 61.8 Å². The number of carbonyl (C=O) groups excluding carboxylic acids is 2. The second-order valence-electron chi connectivity index (χ2n) is 4.22. The zero-order valence-corrected chi connectivity index (χ0v) is 11.9. The van der Waals surface area contributed by atoms with Gasteiger partial charge in [0.05, 0.1) is 7.11 Å². The van der Waals surface area contributed by atoms with Crippen LogP contribution in [0, 0.1) is 11.8 Å². The van der Waals surface area contributed by atoms with Gasteiger partial charge in [-0.25, -0.2) is 4.79 Å². The molecule has 1 rings (SSSR count). The SMILES string of the molecule is COC(=O)[C@H]1O[C@H](Br)[C@H](C)[C@@H](C)[C@@H]1OC(C)=O. The summed E-state index contributed by atoms with van der Waals surface area (Å²) in [5, 5.41) is -0.256. The third-order valence-electron chi connectivity index (χ3n) is 3.07. The summed E-state index contributed by atoms with van der Waals surface area (Å²) in [6.07, 6.45) is -1.48. The molecule has 0 aromatic rings. The Hall–Kier alpha value is -0.620. The van der Waals surface area contributed by atoms with Crippen LogP contribution in [0.2, 0.25) is 0 Å². The second-order valence-corrected chi connectivity index (χ2v) is 5.13. The number of ether oxygens (including phenoxy) is 3. The molecular weight excluding hydrogens is 292 g/mol. The highest BCUT2D eigenvalue weighted by Crippen LogP contribution is 2.35. The van der Waals surface area contributed by atoms with Crippen molar-refractivity contribution >= 4 is 27.9 Å². The second kappa shape index (κ2) is 5.82. The quantitative estimate of drug-likeness (QED) is 0.571. The van der Waals surface area contributed by atoms with Crippen molar-refractivity contribution in [2.24, 2.45) is 11.8 Å². The summed E-state index contributed by atoms with van der Waals surface area (Å²) >= 11 is 3.36. The molecule has 0 aliphatic carbocycles. The number of alkyl halides is 1. The van der Waals surface area contributed by atoms with Crippen LogP contribution in [0.25, 0.3) is 0 Å². The highest BCUT2D eigenvalue weighted by atomic mass is 79.9. The van der Waals surface area contributed by atoms with Gasteiger partial charge in [0.15, 0.2) is 6.10 Å². The van der Waals surface area contributed by atoms with Crippen molar-refractivity contribution in [2.45, 2.75) is 38.0 Å². The van der Waals surface area contributed by atoms with Gasteiger partial charge in [-0.2, -0.15) is 0 Å². The lowest BCUT2D eigenvalue weighted by molar-refractivity contribution is -0.195. The van der Waals surface area contributed by atoms with Crippen LogP contribution in [0.3, 0.4) is 0 Å². The van der Waals surface area contributed by atoms with Crippen molar-refractivity contribution in [3.63, 3.8) is 0 Å². The van der Waals surface area contributed by atoms with E-state index in [1.54, 1.807) is 0 Å². The Morgan fingerprint density at radius 1 is 1.24 bits per heavy atom. The molecule has 17 heavy (non-hydrogen) atoms. The van der Waals surface area contributed by atoms with E-state index < -0.39 is 24.1 Å². The monoisotopic (exact) mass is 308 g/mol. The van der Waals surface area contributed by atoms with E-state index in [4.69, 9.17) is 9.47 Å². The maximum Gasteiger partial charge on any atom is 0.338 e. The van der Waals surface area contributed by atoms with Crippen molar-refractivity contribution < 1.29 is 23.8 Å². The Morgan fingerprint density at radius 2 is 1.82 bits per heavy atom. The molecule has 1 aliphatic heterocycles. The normalized spacial score (nSPS) is 37.4. The van der Waals surface area contributed by atoms with Gasteiger partial charge in [-0.3, -0.25) is 4.79 Å². The van der Waals surface area contributed by atoms with Crippen LogP contribution in [0.1, 0.15) is 20.8 Å². The van der Waals surface area contributed by atoms with Crippen molar-refractivity contribution in [1.82, 2.24) is 0 Å². The number of hydrogen-bond acceptors (Lipinski definition) is 5. The highest BCUT2D eigenvalue weighted by Gasteiger charge is 2.46. The third-order valence-corrected chi connectivity index (χ3v) is 4.12. The van der Waals surface area contributed by atoms with E-state index in [1.165, 1.54) is 14.0 Å². The van der Waals surface area contributed by atoms with E-state index in [0.29, 0.717) is 0 Å². The average molecular weight is 309 g/mol. The molecule has 1 fully saturated rings. The lowest BCUT2D eigenvalue weighted by atomic mass is 9.85. The van der Waals surface area contributed by atoms with Crippen LogP contribution < -0.4 is 0 Å². The molecule has 5 atom stereocenters. The molecule has 1 heterocycles. The lowest BCUT2D eigenvalue weighted by Crippen LogP contribution is -2.52. The van der Waals surface area contributed by atoms with Gasteiger partial charge in [0.25, 0.3) is 0 Å².